The third kappa shape index (κ3) is 8.28. The van der Waals surface area contributed by atoms with Crippen LogP contribution in [0.1, 0.15) is 43.7 Å². The number of rotatable bonds is 8. The molecule has 1 aliphatic heterocycles. The van der Waals surface area contributed by atoms with Crippen LogP contribution in [0.4, 0.5) is 24.5 Å². The number of carboxylic acids is 1. The summed E-state index contributed by atoms with van der Waals surface area (Å²) in [5.41, 5.74) is 3.74. The van der Waals surface area contributed by atoms with Crippen LogP contribution in [0.25, 0.3) is 10.9 Å². The fourth-order valence-corrected chi connectivity index (χ4v) is 6.05. The van der Waals surface area contributed by atoms with Gasteiger partial charge in [0, 0.05) is 17.8 Å². The first-order valence-corrected chi connectivity index (χ1v) is 17.0. The van der Waals surface area contributed by atoms with Crippen molar-refractivity contribution < 1.29 is 45.9 Å². The molecule has 1 aromatic heterocycles. The minimum absolute atomic E-state index is 0.194. The maximum absolute atomic E-state index is 14.5. The van der Waals surface area contributed by atoms with Gasteiger partial charge >= 0.3 is 12.1 Å². The highest BCUT2D eigenvalue weighted by atomic mass is 32.2. The van der Waals surface area contributed by atoms with Crippen molar-refractivity contribution >= 4 is 55.8 Å². The van der Waals surface area contributed by atoms with E-state index < -0.39 is 57.7 Å². The number of sulfone groups is 1. The molecule has 0 bridgehead atoms. The number of para-hydroxylation sites is 3. The molecule has 3 amide bonds. The number of likely N-dealkylation sites (N-methyl/N-ethyl adjacent to an activating group) is 1. The fraction of sp³-hybridized carbons (Fsp3) is 0.406. The molecule has 1 aliphatic carbocycles. The van der Waals surface area contributed by atoms with Gasteiger partial charge in [-0.15, -0.1) is 0 Å². The molecule has 0 saturated heterocycles. The molecule has 3 N–H and O–H groups in total. The van der Waals surface area contributed by atoms with E-state index in [1.165, 1.54) is 4.90 Å². The van der Waals surface area contributed by atoms with Crippen LogP contribution in [0.2, 0.25) is 0 Å². The number of carbonyl (C=O) groups excluding carboxylic acids is 3. The van der Waals surface area contributed by atoms with E-state index in [0.29, 0.717) is 17.3 Å². The highest BCUT2D eigenvalue weighted by molar-refractivity contribution is 7.91. The molecule has 12 nitrogen and oxygen atoms in total. The number of alkyl halides is 3. The molecule has 3 aromatic rings. The number of amides is 3. The number of hydrogen-bond acceptors (Lipinski definition) is 8. The lowest BCUT2D eigenvalue weighted by atomic mass is 9.99. The second-order valence-corrected chi connectivity index (χ2v) is 13.9. The smallest absolute Gasteiger partial charge is 0.475 e. The van der Waals surface area contributed by atoms with Crippen LogP contribution in [0.15, 0.2) is 54.7 Å². The van der Waals surface area contributed by atoms with E-state index in [0.717, 1.165) is 41.1 Å². The van der Waals surface area contributed by atoms with E-state index in [9.17, 15) is 36.0 Å². The van der Waals surface area contributed by atoms with Crippen LogP contribution in [0.3, 0.4) is 0 Å². The minimum Gasteiger partial charge on any atom is -0.475 e. The van der Waals surface area contributed by atoms with Gasteiger partial charge in [-0.3, -0.25) is 19.4 Å². The number of halogens is 3. The van der Waals surface area contributed by atoms with Gasteiger partial charge in [-0.05, 0) is 69.0 Å². The van der Waals surface area contributed by atoms with Crippen molar-refractivity contribution in [3.63, 3.8) is 0 Å². The molecule has 2 heterocycles. The maximum Gasteiger partial charge on any atom is 0.490 e. The lowest BCUT2D eigenvalue weighted by Crippen LogP contribution is -2.60. The minimum atomic E-state index is -5.08. The molecule has 0 radical (unpaired) electrons. The monoisotopic (exact) mass is 691 g/mol. The molecule has 5 rings (SSSR count). The Morgan fingerprint density at radius 2 is 1.65 bits per heavy atom. The average molecular weight is 692 g/mol. The molecule has 1 fully saturated rings. The van der Waals surface area contributed by atoms with E-state index >= 15 is 0 Å². The Kier molecular flexibility index (Phi) is 10.8. The summed E-state index contributed by atoms with van der Waals surface area (Å²) in [5, 5.41) is 13.8. The standard InChI is InChI=1S/C30H35N5O5S.C2HF3O2/c1-18(31-3)29(37)33-28-19(2)35(27(36)17-41(4,39)40)26-12-8-7-11-25(26)34(30(28)38)16-23-21-9-5-6-10-24(21)32-15-22(23)20-13-14-20;3-2(4,5)1(6)7/h5-12,15,18-20,28,31H,13-14,16-17H2,1-4H3,(H,33,37);(H,6,7)/t18?,19-,28-;/m0./s1. The first-order chi connectivity index (χ1) is 22.4. The number of hydrogen-bond donors (Lipinski definition) is 3. The average Bonchev–Trinajstić information content (AvgIpc) is 3.86. The van der Waals surface area contributed by atoms with Gasteiger partial charge in [-0.25, -0.2) is 13.2 Å². The Hall–Kier alpha value is -4.57. The predicted octanol–water partition coefficient (Wildman–Crippen LogP) is 3.15. The Balaban J connectivity index is 0.000000671. The highest BCUT2D eigenvalue weighted by Gasteiger charge is 2.43. The predicted molar refractivity (Wildman–Crippen MR) is 172 cm³/mol. The number of carbonyl (C=O) groups is 4. The molecule has 0 spiro atoms. The van der Waals surface area contributed by atoms with Crippen LogP contribution in [0, 0.1) is 0 Å². The normalized spacial score (nSPS) is 18.7. The zero-order valence-corrected chi connectivity index (χ0v) is 27.4. The Morgan fingerprint density at radius 1 is 1.06 bits per heavy atom. The van der Waals surface area contributed by atoms with Gasteiger partial charge < -0.3 is 25.5 Å². The fourth-order valence-electron chi connectivity index (χ4n) is 5.46. The van der Waals surface area contributed by atoms with Crippen LogP contribution >= 0.6 is 0 Å². The number of fused-ring (bicyclic) bond motifs is 2. The summed E-state index contributed by atoms with van der Waals surface area (Å²) in [7, 11) is -2.03. The Morgan fingerprint density at radius 3 is 2.21 bits per heavy atom. The molecule has 2 aliphatic rings. The number of carboxylic acid groups (broad SMARTS) is 1. The lowest BCUT2D eigenvalue weighted by Gasteiger charge is -2.32. The van der Waals surface area contributed by atoms with Gasteiger partial charge in [0.25, 0.3) is 5.91 Å². The van der Waals surface area contributed by atoms with Crippen molar-refractivity contribution in [1.82, 2.24) is 15.6 Å². The maximum atomic E-state index is 14.5. The van der Waals surface area contributed by atoms with Gasteiger partial charge in [-0.1, -0.05) is 30.3 Å². The second kappa shape index (κ2) is 14.3. The summed E-state index contributed by atoms with van der Waals surface area (Å²) >= 11 is 0. The summed E-state index contributed by atoms with van der Waals surface area (Å²) in [4.78, 5) is 57.6. The van der Waals surface area contributed by atoms with Crippen LogP contribution in [0.5, 0.6) is 0 Å². The van der Waals surface area contributed by atoms with Crippen LogP contribution in [-0.4, -0.2) is 85.6 Å². The number of nitrogens with one attached hydrogen (secondary N) is 2. The first-order valence-electron chi connectivity index (χ1n) is 15.0. The van der Waals surface area contributed by atoms with E-state index in [4.69, 9.17) is 9.90 Å². The summed E-state index contributed by atoms with van der Waals surface area (Å²) in [6, 6.07) is 12.2. The van der Waals surface area contributed by atoms with Crippen molar-refractivity contribution in [3.05, 3.63) is 65.9 Å². The third-order valence-corrected chi connectivity index (χ3v) is 8.90. The molecule has 1 unspecified atom stereocenters. The molecule has 1 saturated carbocycles. The number of nitrogens with zero attached hydrogens (tertiary/aromatic N) is 3. The summed E-state index contributed by atoms with van der Waals surface area (Å²) in [6.07, 6.45) is -0.105. The molecular formula is C32H36F3N5O7S. The number of anilines is 2. The number of pyridine rings is 1. The van der Waals surface area contributed by atoms with Gasteiger partial charge in [-0.2, -0.15) is 13.2 Å². The summed E-state index contributed by atoms with van der Waals surface area (Å²) in [6.45, 7) is 3.52. The molecule has 2 aromatic carbocycles. The first kappa shape index (κ1) is 36.3. The van der Waals surface area contributed by atoms with Gasteiger partial charge in [0.15, 0.2) is 9.84 Å². The largest absolute Gasteiger partial charge is 0.490 e. The van der Waals surface area contributed by atoms with Crippen molar-refractivity contribution in [3.8, 4) is 0 Å². The lowest BCUT2D eigenvalue weighted by molar-refractivity contribution is -0.192. The molecular weight excluding hydrogens is 655 g/mol. The highest BCUT2D eigenvalue weighted by Crippen LogP contribution is 2.44. The van der Waals surface area contributed by atoms with E-state index in [2.05, 4.69) is 15.6 Å². The topological polar surface area (TPSA) is 166 Å². The van der Waals surface area contributed by atoms with E-state index in [-0.39, 0.29) is 12.5 Å². The van der Waals surface area contributed by atoms with Gasteiger partial charge in [0.1, 0.15) is 11.8 Å². The zero-order valence-electron chi connectivity index (χ0n) is 26.6. The Bertz CT molecular complexity index is 1830. The SMILES string of the molecule is CNC(C)C(=O)N[C@@H]1C(=O)N(Cc2c(C3CC3)cnc3ccccc23)c2ccccc2N(C(=O)CS(C)(=O)=O)[C@H]1C.O=C(O)C(F)(F)F. The van der Waals surface area contributed by atoms with Crippen molar-refractivity contribution in [1.29, 1.82) is 0 Å². The number of aromatic nitrogens is 1. The van der Waals surface area contributed by atoms with Crippen LogP contribution in [-0.2, 0) is 35.6 Å². The van der Waals surface area contributed by atoms with E-state index in [1.807, 2.05) is 30.5 Å². The quantitative estimate of drug-likeness (QED) is 0.322. The Labute approximate surface area is 275 Å². The van der Waals surface area contributed by atoms with E-state index in [1.54, 1.807) is 50.1 Å². The van der Waals surface area contributed by atoms with Crippen LogP contribution < -0.4 is 20.4 Å². The second-order valence-electron chi connectivity index (χ2n) is 11.8. The molecule has 16 heteroatoms. The molecule has 48 heavy (non-hydrogen) atoms. The number of aliphatic carboxylic acids is 1. The third-order valence-electron chi connectivity index (χ3n) is 8.13. The van der Waals surface area contributed by atoms with Crippen molar-refractivity contribution in [2.45, 2.75) is 63.5 Å². The summed E-state index contributed by atoms with van der Waals surface area (Å²) in [5.74, 6) is -4.60. The zero-order chi connectivity index (χ0) is 35.6. The molecule has 258 valence electrons. The number of benzene rings is 2. The van der Waals surface area contributed by atoms with Gasteiger partial charge in [0.2, 0.25) is 11.8 Å². The summed E-state index contributed by atoms with van der Waals surface area (Å²) < 4.78 is 56.1. The van der Waals surface area contributed by atoms with Gasteiger partial charge in [0.05, 0.1) is 35.5 Å². The van der Waals surface area contributed by atoms with Crippen molar-refractivity contribution in [2.75, 3.05) is 28.9 Å². The molecule has 3 atom stereocenters. The van der Waals surface area contributed by atoms with Crippen molar-refractivity contribution in [2.24, 2.45) is 0 Å².